The largest absolute Gasteiger partial charge is 0.456 e. The van der Waals surface area contributed by atoms with Crippen LogP contribution in [0.3, 0.4) is 0 Å². The van der Waals surface area contributed by atoms with E-state index in [-0.39, 0.29) is 23.1 Å². The zero-order chi connectivity index (χ0) is 19.0. The Morgan fingerprint density at radius 1 is 1.32 bits per heavy atom. The first-order valence-electron chi connectivity index (χ1n) is 9.31. The SMILES string of the molecule is CC/C(C)=C/C(=O)O[C@@H]1CC[C@]2(C)CC(=O)C(=C(C)C)C[C@H]2[C@]1(C)O. The second kappa shape index (κ2) is 7.06. The average Bonchev–Trinajstić information content (AvgIpc) is 2.49. The van der Waals surface area contributed by atoms with Crippen molar-refractivity contribution in [3.63, 3.8) is 0 Å². The number of hydrogen-bond acceptors (Lipinski definition) is 4. The van der Waals surface area contributed by atoms with E-state index < -0.39 is 11.7 Å². The number of rotatable bonds is 3. The summed E-state index contributed by atoms with van der Waals surface area (Å²) in [6.07, 6.45) is 4.16. The Morgan fingerprint density at radius 3 is 2.52 bits per heavy atom. The normalized spacial score (nSPS) is 36.0. The van der Waals surface area contributed by atoms with E-state index in [1.807, 2.05) is 27.7 Å². The van der Waals surface area contributed by atoms with Gasteiger partial charge in [-0.15, -0.1) is 0 Å². The fraction of sp³-hybridized carbons (Fsp3) is 0.714. The fourth-order valence-electron chi connectivity index (χ4n) is 4.45. The first-order chi connectivity index (χ1) is 11.5. The van der Waals surface area contributed by atoms with E-state index in [1.165, 1.54) is 6.08 Å². The van der Waals surface area contributed by atoms with Crippen LogP contribution in [0.4, 0.5) is 0 Å². The maximum Gasteiger partial charge on any atom is 0.331 e. The molecule has 2 aliphatic rings. The number of esters is 1. The molecular weight excluding hydrogens is 316 g/mol. The zero-order valence-electron chi connectivity index (χ0n) is 16.4. The molecule has 0 aromatic carbocycles. The minimum Gasteiger partial charge on any atom is -0.456 e. The van der Waals surface area contributed by atoms with Crippen molar-refractivity contribution in [1.82, 2.24) is 0 Å². The van der Waals surface area contributed by atoms with E-state index in [1.54, 1.807) is 6.92 Å². The third kappa shape index (κ3) is 3.89. The lowest BCUT2D eigenvalue weighted by Gasteiger charge is -2.55. The molecule has 0 aromatic heterocycles. The van der Waals surface area contributed by atoms with Gasteiger partial charge in [-0.3, -0.25) is 4.79 Å². The van der Waals surface area contributed by atoms with Crippen LogP contribution < -0.4 is 0 Å². The van der Waals surface area contributed by atoms with E-state index in [2.05, 4.69) is 6.92 Å². The van der Waals surface area contributed by atoms with Gasteiger partial charge in [0.1, 0.15) is 11.7 Å². The van der Waals surface area contributed by atoms with Crippen LogP contribution in [0.5, 0.6) is 0 Å². The van der Waals surface area contributed by atoms with Gasteiger partial charge in [0.15, 0.2) is 5.78 Å². The van der Waals surface area contributed by atoms with Gasteiger partial charge in [-0.1, -0.05) is 25.0 Å². The molecule has 4 nitrogen and oxygen atoms in total. The Balaban J connectivity index is 2.26. The van der Waals surface area contributed by atoms with Crippen molar-refractivity contribution in [2.75, 3.05) is 0 Å². The van der Waals surface area contributed by atoms with Gasteiger partial charge in [-0.25, -0.2) is 4.79 Å². The average molecular weight is 348 g/mol. The molecule has 0 saturated heterocycles. The van der Waals surface area contributed by atoms with Crippen molar-refractivity contribution >= 4 is 11.8 Å². The first kappa shape index (κ1) is 19.9. The minimum atomic E-state index is -1.14. The van der Waals surface area contributed by atoms with Crippen LogP contribution in [-0.2, 0) is 14.3 Å². The van der Waals surface area contributed by atoms with E-state index in [0.29, 0.717) is 19.3 Å². The number of carbonyl (C=O) groups excluding carboxylic acids is 2. The summed E-state index contributed by atoms with van der Waals surface area (Å²) in [5.74, 6) is -0.278. The number of aliphatic hydroxyl groups is 1. The zero-order valence-corrected chi connectivity index (χ0v) is 16.4. The molecule has 140 valence electrons. The van der Waals surface area contributed by atoms with Gasteiger partial charge in [-0.05, 0) is 64.4 Å². The lowest BCUT2D eigenvalue weighted by molar-refractivity contribution is -0.196. The monoisotopic (exact) mass is 348 g/mol. The number of allylic oxidation sites excluding steroid dienone is 3. The van der Waals surface area contributed by atoms with Gasteiger partial charge in [0.2, 0.25) is 0 Å². The maximum atomic E-state index is 12.5. The number of carbonyl (C=O) groups is 2. The van der Waals surface area contributed by atoms with Crippen molar-refractivity contribution in [2.45, 2.75) is 85.4 Å². The summed E-state index contributed by atoms with van der Waals surface area (Å²) in [5.41, 5.74) is 1.43. The van der Waals surface area contributed by atoms with Gasteiger partial charge in [-0.2, -0.15) is 0 Å². The molecule has 1 N–H and O–H groups in total. The molecule has 25 heavy (non-hydrogen) atoms. The molecule has 0 unspecified atom stereocenters. The van der Waals surface area contributed by atoms with Crippen molar-refractivity contribution in [2.24, 2.45) is 11.3 Å². The van der Waals surface area contributed by atoms with Crippen LogP contribution in [0, 0.1) is 11.3 Å². The van der Waals surface area contributed by atoms with Gasteiger partial charge in [0, 0.05) is 18.4 Å². The molecule has 4 atom stereocenters. The van der Waals surface area contributed by atoms with Gasteiger partial charge in [0.25, 0.3) is 0 Å². The van der Waals surface area contributed by atoms with Crippen LogP contribution in [0.1, 0.15) is 73.6 Å². The predicted octanol–water partition coefficient (Wildman–Crippen LogP) is 4.12. The smallest absolute Gasteiger partial charge is 0.331 e. The second-order valence-electron chi connectivity index (χ2n) is 8.52. The number of hydrogen-bond donors (Lipinski definition) is 1. The molecular formula is C21H32O4. The van der Waals surface area contributed by atoms with Crippen LogP contribution in [0.15, 0.2) is 22.8 Å². The van der Waals surface area contributed by atoms with Gasteiger partial charge < -0.3 is 9.84 Å². The molecule has 0 bridgehead atoms. The minimum absolute atomic E-state index is 0.0922. The second-order valence-corrected chi connectivity index (χ2v) is 8.52. The summed E-state index contributed by atoms with van der Waals surface area (Å²) in [6, 6.07) is 0. The fourth-order valence-corrected chi connectivity index (χ4v) is 4.45. The molecule has 2 saturated carbocycles. The molecule has 2 rings (SSSR count). The van der Waals surface area contributed by atoms with Crippen molar-refractivity contribution in [3.05, 3.63) is 22.8 Å². The quantitative estimate of drug-likeness (QED) is 0.615. The Bertz CT molecular complexity index is 622. The van der Waals surface area contributed by atoms with E-state index in [0.717, 1.165) is 29.6 Å². The molecule has 0 amide bonds. The molecule has 0 spiro atoms. The van der Waals surface area contributed by atoms with Gasteiger partial charge in [0.05, 0.1) is 0 Å². The molecule has 0 aliphatic heterocycles. The third-order valence-electron chi connectivity index (χ3n) is 6.27. The molecule has 0 aromatic rings. The highest BCUT2D eigenvalue weighted by atomic mass is 16.6. The molecule has 0 heterocycles. The lowest BCUT2D eigenvalue weighted by Crippen LogP contribution is -2.59. The first-order valence-corrected chi connectivity index (χ1v) is 9.31. The highest BCUT2D eigenvalue weighted by Crippen LogP contribution is 2.55. The van der Waals surface area contributed by atoms with Crippen LogP contribution in [0.25, 0.3) is 0 Å². The van der Waals surface area contributed by atoms with Crippen LogP contribution >= 0.6 is 0 Å². The molecule has 2 aliphatic carbocycles. The van der Waals surface area contributed by atoms with Crippen molar-refractivity contribution in [1.29, 1.82) is 0 Å². The van der Waals surface area contributed by atoms with Gasteiger partial charge >= 0.3 is 5.97 Å². The molecule has 2 fully saturated rings. The van der Waals surface area contributed by atoms with E-state index in [4.69, 9.17) is 4.74 Å². The number of ketones is 1. The number of Topliss-reactive ketones (excluding diaryl/α,β-unsaturated/α-hetero) is 1. The summed E-state index contributed by atoms with van der Waals surface area (Å²) in [7, 11) is 0. The summed E-state index contributed by atoms with van der Waals surface area (Å²) >= 11 is 0. The Labute approximate surface area is 151 Å². The highest BCUT2D eigenvalue weighted by molar-refractivity contribution is 5.97. The van der Waals surface area contributed by atoms with Crippen molar-refractivity contribution < 1.29 is 19.4 Å². The number of fused-ring (bicyclic) bond motifs is 1. The predicted molar refractivity (Wildman–Crippen MR) is 98.0 cm³/mol. The van der Waals surface area contributed by atoms with Crippen LogP contribution in [-0.4, -0.2) is 28.6 Å². The summed E-state index contributed by atoms with van der Waals surface area (Å²) < 4.78 is 5.63. The topological polar surface area (TPSA) is 63.6 Å². The Morgan fingerprint density at radius 2 is 1.96 bits per heavy atom. The summed E-state index contributed by atoms with van der Waals surface area (Å²) in [5, 5.41) is 11.3. The molecule has 4 heteroatoms. The molecule has 0 radical (unpaired) electrons. The summed E-state index contributed by atoms with van der Waals surface area (Å²) in [6.45, 7) is 11.6. The Kier molecular flexibility index (Phi) is 5.62. The van der Waals surface area contributed by atoms with E-state index in [9.17, 15) is 14.7 Å². The third-order valence-corrected chi connectivity index (χ3v) is 6.27. The van der Waals surface area contributed by atoms with E-state index >= 15 is 0 Å². The van der Waals surface area contributed by atoms with Crippen molar-refractivity contribution in [3.8, 4) is 0 Å². The summed E-state index contributed by atoms with van der Waals surface area (Å²) in [4.78, 5) is 24.6. The number of ether oxygens (including phenoxy) is 1. The van der Waals surface area contributed by atoms with Crippen LogP contribution in [0.2, 0.25) is 0 Å². The maximum absolute atomic E-state index is 12.5. The lowest BCUT2D eigenvalue weighted by atomic mass is 9.53. The highest BCUT2D eigenvalue weighted by Gasteiger charge is 2.57. The standard InChI is InChI=1S/C21H32O4/c1-7-14(4)10-19(23)25-18-8-9-20(5)12-16(22)15(13(2)3)11-17(20)21(18,6)24/h10,17-18,24H,7-9,11-12H2,1-6H3/b14-10+/t17-,18-,20-,21+/m1/s1. The Hall–Kier alpha value is -1.42.